The number of carbonyl (C=O) groups is 1. The predicted octanol–water partition coefficient (Wildman–Crippen LogP) is 3.67. The second-order valence-corrected chi connectivity index (χ2v) is 7.63. The van der Waals surface area contributed by atoms with Gasteiger partial charge in [-0.05, 0) is 55.1 Å². The van der Waals surface area contributed by atoms with Gasteiger partial charge in [0.15, 0.2) is 0 Å². The van der Waals surface area contributed by atoms with Crippen LogP contribution in [-0.4, -0.2) is 39.9 Å². The minimum absolute atomic E-state index is 0.0301. The van der Waals surface area contributed by atoms with Crippen molar-refractivity contribution in [2.24, 2.45) is 0 Å². The highest BCUT2D eigenvalue weighted by Gasteiger charge is 2.22. The molecule has 1 amide bonds. The zero-order valence-electron chi connectivity index (χ0n) is 16.6. The van der Waals surface area contributed by atoms with Gasteiger partial charge in [-0.2, -0.15) is 0 Å². The van der Waals surface area contributed by atoms with Gasteiger partial charge in [0.05, 0.1) is 23.8 Å². The molecule has 0 aliphatic carbocycles. The van der Waals surface area contributed by atoms with Gasteiger partial charge in [0.2, 0.25) is 0 Å². The summed E-state index contributed by atoms with van der Waals surface area (Å²) in [6, 6.07) is 10.1. The van der Waals surface area contributed by atoms with Crippen molar-refractivity contribution in [2.75, 3.05) is 11.9 Å². The number of aromatic nitrogens is 1. The SMILES string of the molecule is CC(O)[C@@H](NC(=O)c1ccc2cnc(N[C@@H](C)CO)cc2c1)c1ccc(Cl)c(F)c1. The lowest BCUT2D eigenvalue weighted by atomic mass is 10.0. The number of nitrogens with one attached hydrogen (secondary N) is 2. The van der Waals surface area contributed by atoms with Crippen LogP contribution < -0.4 is 10.6 Å². The van der Waals surface area contributed by atoms with E-state index in [-0.39, 0.29) is 17.7 Å². The van der Waals surface area contributed by atoms with E-state index in [9.17, 15) is 19.4 Å². The molecule has 0 fully saturated rings. The molecule has 3 rings (SSSR count). The highest BCUT2D eigenvalue weighted by molar-refractivity contribution is 6.30. The summed E-state index contributed by atoms with van der Waals surface area (Å²) in [5.74, 6) is -0.447. The number of aliphatic hydroxyl groups excluding tert-OH is 2. The van der Waals surface area contributed by atoms with Gasteiger partial charge in [0.25, 0.3) is 5.91 Å². The predicted molar refractivity (Wildman–Crippen MR) is 115 cm³/mol. The normalized spacial score (nSPS) is 14.2. The lowest BCUT2D eigenvalue weighted by Gasteiger charge is -2.22. The smallest absolute Gasteiger partial charge is 0.251 e. The lowest BCUT2D eigenvalue weighted by molar-refractivity contribution is 0.0858. The average Bonchev–Trinajstić information content (AvgIpc) is 2.73. The number of hydrogen-bond acceptors (Lipinski definition) is 5. The molecule has 1 heterocycles. The Labute approximate surface area is 178 Å². The number of aliphatic hydroxyl groups is 2. The minimum Gasteiger partial charge on any atom is -0.394 e. The van der Waals surface area contributed by atoms with Crippen LogP contribution in [0.2, 0.25) is 5.02 Å². The van der Waals surface area contributed by atoms with E-state index in [0.717, 1.165) is 10.8 Å². The highest BCUT2D eigenvalue weighted by Crippen LogP contribution is 2.24. The van der Waals surface area contributed by atoms with E-state index in [1.165, 1.54) is 19.1 Å². The third-order valence-electron chi connectivity index (χ3n) is 4.72. The van der Waals surface area contributed by atoms with E-state index in [1.807, 2.05) is 6.92 Å². The molecule has 2 aromatic carbocycles. The van der Waals surface area contributed by atoms with Crippen LogP contribution in [0.15, 0.2) is 48.7 Å². The molecule has 1 aromatic heterocycles. The maximum atomic E-state index is 13.8. The Bertz CT molecular complexity index is 1060. The monoisotopic (exact) mass is 431 g/mol. The van der Waals surface area contributed by atoms with Crippen LogP contribution >= 0.6 is 11.6 Å². The molecular weight excluding hydrogens is 409 g/mol. The van der Waals surface area contributed by atoms with E-state index >= 15 is 0 Å². The summed E-state index contributed by atoms with van der Waals surface area (Å²) in [6.07, 6.45) is 0.730. The van der Waals surface area contributed by atoms with Crippen molar-refractivity contribution in [3.8, 4) is 0 Å². The summed E-state index contributed by atoms with van der Waals surface area (Å²) in [4.78, 5) is 17.1. The second-order valence-electron chi connectivity index (χ2n) is 7.22. The van der Waals surface area contributed by atoms with Crippen LogP contribution in [0, 0.1) is 5.82 Å². The molecule has 0 bridgehead atoms. The average molecular weight is 432 g/mol. The summed E-state index contributed by atoms with van der Waals surface area (Å²) in [5, 5.41) is 26.7. The van der Waals surface area contributed by atoms with E-state index < -0.39 is 23.9 Å². The van der Waals surface area contributed by atoms with Crippen LogP contribution in [0.3, 0.4) is 0 Å². The van der Waals surface area contributed by atoms with Gasteiger partial charge in [-0.1, -0.05) is 23.7 Å². The van der Waals surface area contributed by atoms with Crippen LogP contribution in [0.5, 0.6) is 0 Å². The molecule has 0 aliphatic rings. The largest absolute Gasteiger partial charge is 0.394 e. The second kappa shape index (κ2) is 9.38. The third-order valence-corrected chi connectivity index (χ3v) is 5.03. The van der Waals surface area contributed by atoms with Crippen molar-refractivity contribution < 1.29 is 19.4 Å². The molecule has 4 N–H and O–H groups in total. The number of anilines is 1. The molecule has 0 spiro atoms. The number of carbonyl (C=O) groups excluding carboxylic acids is 1. The summed E-state index contributed by atoms with van der Waals surface area (Å²) < 4.78 is 13.8. The Morgan fingerprint density at radius 1 is 1.17 bits per heavy atom. The quantitative estimate of drug-likeness (QED) is 0.458. The Morgan fingerprint density at radius 3 is 2.60 bits per heavy atom. The van der Waals surface area contributed by atoms with Gasteiger partial charge in [0, 0.05) is 23.2 Å². The zero-order valence-corrected chi connectivity index (χ0v) is 17.3. The van der Waals surface area contributed by atoms with Gasteiger partial charge in [-0.3, -0.25) is 4.79 Å². The van der Waals surface area contributed by atoms with Crippen molar-refractivity contribution >= 4 is 34.1 Å². The number of halogens is 2. The Morgan fingerprint density at radius 2 is 1.93 bits per heavy atom. The topological polar surface area (TPSA) is 94.5 Å². The lowest BCUT2D eigenvalue weighted by Crippen LogP contribution is -2.35. The summed E-state index contributed by atoms with van der Waals surface area (Å²) in [7, 11) is 0. The van der Waals surface area contributed by atoms with E-state index in [4.69, 9.17) is 11.6 Å². The fraction of sp³-hybridized carbons (Fsp3) is 0.273. The number of amides is 1. The zero-order chi connectivity index (χ0) is 21.8. The molecule has 6 nitrogen and oxygen atoms in total. The van der Waals surface area contributed by atoms with Crippen LogP contribution in [0.4, 0.5) is 10.2 Å². The molecule has 0 saturated carbocycles. The van der Waals surface area contributed by atoms with Gasteiger partial charge < -0.3 is 20.8 Å². The van der Waals surface area contributed by atoms with Gasteiger partial charge in [0.1, 0.15) is 11.6 Å². The maximum absolute atomic E-state index is 13.8. The fourth-order valence-corrected chi connectivity index (χ4v) is 3.19. The summed E-state index contributed by atoms with van der Waals surface area (Å²) in [6.45, 7) is 3.31. The first kappa shape index (κ1) is 22.0. The molecule has 3 atom stereocenters. The number of nitrogens with zero attached hydrogens (tertiary/aromatic N) is 1. The van der Waals surface area contributed by atoms with Crippen molar-refractivity contribution in [3.05, 3.63) is 70.6 Å². The Balaban J connectivity index is 1.85. The van der Waals surface area contributed by atoms with Crippen molar-refractivity contribution in [1.82, 2.24) is 10.3 Å². The third kappa shape index (κ3) is 5.05. The Kier molecular flexibility index (Phi) is 6.87. The van der Waals surface area contributed by atoms with Crippen molar-refractivity contribution in [3.63, 3.8) is 0 Å². The maximum Gasteiger partial charge on any atom is 0.251 e. The van der Waals surface area contributed by atoms with E-state index in [0.29, 0.717) is 16.9 Å². The standard InChI is InChI=1S/C22H23ClFN3O3/c1-12(11-28)26-20-9-17-7-15(3-4-16(17)10-25-20)22(30)27-21(13(2)29)14-5-6-18(23)19(24)8-14/h3-10,12-13,21,28-29H,11H2,1-2H3,(H,25,26)(H,27,30)/t12-,13?,21+/m0/s1. The molecule has 158 valence electrons. The van der Waals surface area contributed by atoms with Crippen LogP contribution in [-0.2, 0) is 0 Å². The number of pyridine rings is 1. The molecule has 30 heavy (non-hydrogen) atoms. The molecular formula is C22H23ClFN3O3. The molecule has 0 aliphatic heterocycles. The highest BCUT2D eigenvalue weighted by atomic mass is 35.5. The van der Waals surface area contributed by atoms with Gasteiger partial charge >= 0.3 is 0 Å². The van der Waals surface area contributed by atoms with E-state index in [1.54, 1.807) is 36.5 Å². The molecule has 1 unspecified atom stereocenters. The molecule has 0 radical (unpaired) electrons. The van der Waals surface area contributed by atoms with E-state index in [2.05, 4.69) is 15.6 Å². The molecule has 8 heteroatoms. The number of rotatable bonds is 7. The first-order valence-corrected chi connectivity index (χ1v) is 9.87. The van der Waals surface area contributed by atoms with Crippen molar-refractivity contribution in [2.45, 2.75) is 32.0 Å². The first-order valence-electron chi connectivity index (χ1n) is 9.49. The number of fused-ring (bicyclic) bond motifs is 1. The minimum atomic E-state index is -0.949. The fourth-order valence-electron chi connectivity index (χ4n) is 3.07. The molecule has 3 aromatic rings. The van der Waals surface area contributed by atoms with Gasteiger partial charge in [-0.25, -0.2) is 9.37 Å². The molecule has 0 saturated heterocycles. The van der Waals surface area contributed by atoms with Crippen molar-refractivity contribution in [1.29, 1.82) is 0 Å². The summed E-state index contributed by atoms with van der Waals surface area (Å²) >= 11 is 5.73. The number of hydrogen-bond donors (Lipinski definition) is 4. The first-order chi connectivity index (χ1) is 14.3. The van der Waals surface area contributed by atoms with Crippen LogP contribution in [0.1, 0.15) is 35.8 Å². The van der Waals surface area contributed by atoms with Crippen LogP contribution in [0.25, 0.3) is 10.8 Å². The number of benzene rings is 2. The van der Waals surface area contributed by atoms with Gasteiger partial charge in [-0.15, -0.1) is 0 Å². The Hall–Kier alpha value is -2.74. The summed E-state index contributed by atoms with van der Waals surface area (Å²) in [5.41, 5.74) is 0.796.